The molecule has 1 fully saturated rings. The Bertz CT molecular complexity index is 327. The van der Waals surface area contributed by atoms with E-state index < -0.39 is 0 Å². The zero-order valence-electron chi connectivity index (χ0n) is 7.03. The Balaban J connectivity index is 1.95. The minimum atomic E-state index is -0.0839. The number of hydrogen-bond acceptors (Lipinski definition) is 4. The second kappa shape index (κ2) is 3.38. The van der Waals surface area contributed by atoms with Crippen molar-refractivity contribution in [2.75, 3.05) is 0 Å². The van der Waals surface area contributed by atoms with Crippen LogP contribution in [0.1, 0.15) is 28.9 Å². The zero-order valence-corrected chi connectivity index (χ0v) is 7.84. The minimum absolute atomic E-state index is 0.0624. The fourth-order valence-electron chi connectivity index (χ4n) is 1.15. The van der Waals surface area contributed by atoms with Crippen LogP contribution < -0.4 is 0 Å². The number of ketones is 2. The summed E-state index contributed by atoms with van der Waals surface area (Å²) in [6.07, 6.45) is 3.52. The van der Waals surface area contributed by atoms with Gasteiger partial charge in [-0.3, -0.25) is 14.6 Å². The molecule has 0 saturated heterocycles. The molecule has 68 valence electrons. The van der Waals surface area contributed by atoms with Gasteiger partial charge in [0.15, 0.2) is 5.78 Å². The van der Waals surface area contributed by atoms with Crippen LogP contribution in [0.4, 0.5) is 0 Å². The highest BCUT2D eigenvalue weighted by molar-refractivity contribution is 7.11. The quantitative estimate of drug-likeness (QED) is 0.542. The molecule has 0 aliphatic heterocycles. The first-order chi connectivity index (χ1) is 6.27. The summed E-state index contributed by atoms with van der Waals surface area (Å²) >= 11 is 1.29. The first kappa shape index (κ1) is 8.56. The maximum absolute atomic E-state index is 11.4. The van der Waals surface area contributed by atoms with E-state index in [1.807, 2.05) is 0 Å². The topological polar surface area (TPSA) is 47.0 Å². The Kier molecular flexibility index (Phi) is 2.22. The van der Waals surface area contributed by atoms with Crippen LogP contribution in [0.25, 0.3) is 0 Å². The van der Waals surface area contributed by atoms with Crippen molar-refractivity contribution >= 4 is 22.9 Å². The van der Waals surface area contributed by atoms with Crippen molar-refractivity contribution < 1.29 is 9.59 Å². The second-order valence-corrected chi connectivity index (χ2v) is 4.09. The first-order valence-electron chi connectivity index (χ1n) is 4.22. The smallest absolute Gasteiger partial charge is 0.181 e. The molecular weight excluding hydrogens is 186 g/mol. The van der Waals surface area contributed by atoms with Gasteiger partial charge in [-0.25, -0.2) is 0 Å². The van der Waals surface area contributed by atoms with E-state index in [1.54, 1.807) is 5.51 Å². The van der Waals surface area contributed by atoms with Gasteiger partial charge in [0.05, 0.1) is 16.8 Å². The summed E-state index contributed by atoms with van der Waals surface area (Å²) in [5, 5.41) is 0. The molecule has 1 saturated carbocycles. The predicted octanol–water partition coefficient (Wildman–Crippen LogP) is 1.70. The van der Waals surface area contributed by atoms with Gasteiger partial charge >= 0.3 is 0 Å². The molecule has 3 nitrogen and oxygen atoms in total. The van der Waals surface area contributed by atoms with E-state index in [9.17, 15) is 9.59 Å². The molecule has 0 amide bonds. The fraction of sp³-hybridized carbons (Fsp3) is 0.444. The highest BCUT2D eigenvalue weighted by atomic mass is 32.1. The van der Waals surface area contributed by atoms with E-state index in [0.29, 0.717) is 4.88 Å². The standard InChI is InChI=1S/C9H9NO2S/c11-7(6-1-2-6)3-8(12)9-4-10-5-13-9/h4-6H,1-3H2. The molecular formula is C9H9NO2S. The molecule has 0 atom stereocenters. The number of thiazole rings is 1. The van der Waals surface area contributed by atoms with Crippen molar-refractivity contribution in [1.82, 2.24) is 4.98 Å². The van der Waals surface area contributed by atoms with E-state index in [1.165, 1.54) is 17.5 Å². The number of carbonyl (C=O) groups is 2. The SMILES string of the molecule is O=C(CC(=O)C1CC1)c1cncs1. The Labute approximate surface area is 79.8 Å². The highest BCUT2D eigenvalue weighted by Crippen LogP contribution is 2.31. The maximum atomic E-state index is 11.4. The molecule has 1 heterocycles. The number of rotatable bonds is 4. The van der Waals surface area contributed by atoms with Gasteiger partial charge in [0.1, 0.15) is 5.78 Å². The normalized spacial score (nSPS) is 15.7. The first-order valence-corrected chi connectivity index (χ1v) is 5.10. The molecule has 2 rings (SSSR count). The monoisotopic (exact) mass is 195 g/mol. The van der Waals surface area contributed by atoms with Gasteiger partial charge in [0.2, 0.25) is 0 Å². The summed E-state index contributed by atoms with van der Waals surface area (Å²) in [6.45, 7) is 0. The van der Waals surface area contributed by atoms with Gasteiger partial charge in [0, 0.05) is 12.1 Å². The van der Waals surface area contributed by atoms with Crippen LogP contribution >= 0.6 is 11.3 Å². The summed E-state index contributed by atoms with van der Waals surface area (Å²) < 4.78 is 0. The average Bonchev–Trinajstić information content (AvgIpc) is 2.81. The van der Waals surface area contributed by atoms with Crippen molar-refractivity contribution in [3.63, 3.8) is 0 Å². The van der Waals surface area contributed by atoms with Crippen LogP contribution in [0.15, 0.2) is 11.7 Å². The molecule has 0 radical (unpaired) electrons. The maximum Gasteiger partial charge on any atom is 0.181 e. The average molecular weight is 195 g/mol. The van der Waals surface area contributed by atoms with Crippen LogP contribution in [0.3, 0.4) is 0 Å². The van der Waals surface area contributed by atoms with Crippen molar-refractivity contribution in [2.45, 2.75) is 19.3 Å². The van der Waals surface area contributed by atoms with E-state index in [0.717, 1.165) is 12.8 Å². The van der Waals surface area contributed by atoms with Crippen LogP contribution in [-0.4, -0.2) is 16.6 Å². The summed E-state index contributed by atoms with van der Waals surface area (Å²) in [6, 6.07) is 0. The van der Waals surface area contributed by atoms with E-state index >= 15 is 0 Å². The fourth-order valence-corrected chi connectivity index (χ4v) is 1.71. The summed E-state index contributed by atoms with van der Waals surface area (Å²) in [4.78, 5) is 27.1. The van der Waals surface area contributed by atoms with Gasteiger partial charge in [-0.1, -0.05) is 0 Å². The van der Waals surface area contributed by atoms with Crippen molar-refractivity contribution in [3.05, 3.63) is 16.6 Å². The number of hydrogen-bond donors (Lipinski definition) is 0. The molecule has 0 unspecified atom stereocenters. The van der Waals surface area contributed by atoms with Crippen LogP contribution in [-0.2, 0) is 4.79 Å². The summed E-state index contributed by atoms with van der Waals surface area (Å²) in [7, 11) is 0. The summed E-state index contributed by atoms with van der Waals surface area (Å²) in [5.41, 5.74) is 1.61. The second-order valence-electron chi connectivity index (χ2n) is 3.21. The zero-order chi connectivity index (χ0) is 9.26. The lowest BCUT2D eigenvalue weighted by Gasteiger charge is -1.94. The van der Waals surface area contributed by atoms with E-state index in [2.05, 4.69) is 4.98 Å². The van der Waals surface area contributed by atoms with Crippen molar-refractivity contribution in [2.24, 2.45) is 5.92 Å². The number of aromatic nitrogens is 1. The van der Waals surface area contributed by atoms with Gasteiger partial charge in [-0.2, -0.15) is 0 Å². The summed E-state index contributed by atoms with van der Waals surface area (Å²) in [5.74, 6) is 0.190. The van der Waals surface area contributed by atoms with Crippen LogP contribution in [0.2, 0.25) is 0 Å². The molecule has 4 heteroatoms. The van der Waals surface area contributed by atoms with Crippen molar-refractivity contribution in [3.8, 4) is 0 Å². The number of nitrogens with zero attached hydrogens (tertiary/aromatic N) is 1. The lowest BCUT2D eigenvalue weighted by atomic mass is 10.1. The van der Waals surface area contributed by atoms with Crippen molar-refractivity contribution in [1.29, 1.82) is 0 Å². The largest absolute Gasteiger partial charge is 0.299 e. The highest BCUT2D eigenvalue weighted by Gasteiger charge is 2.30. The van der Waals surface area contributed by atoms with Crippen LogP contribution in [0.5, 0.6) is 0 Å². The molecule has 0 spiro atoms. The Hall–Kier alpha value is -1.03. The minimum Gasteiger partial charge on any atom is -0.299 e. The lowest BCUT2D eigenvalue weighted by molar-refractivity contribution is -0.119. The Morgan fingerprint density at radius 1 is 1.54 bits per heavy atom. The molecule has 1 aliphatic carbocycles. The molecule has 1 aromatic heterocycles. The molecule has 1 aliphatic rings. The molecule has 1 aromatic rings. The van der Waals surface area contributed by atoms with Gasteiger partial charge in [-0.05, 0) is 12.8 Å². The Morgan fingerprint density at radius 2 is 2.31 bits per heavy atom. The van der Waals surface area contributed by atoms with Gasteiger partial charge in [0.25, 0.3) is 0 Å². The molecule has 0 aromatic carbocycles. The van der Waals surface area contributed by atoms with Gasteiger partial charge in [-0.15, -0.1) is 11.3 Å². The Morgan fingerprint density at radius 3 is 2.85 bits per heavy atom. The molecule has 0 bridgehead atoms. The number of carbonyl (C=O) groups excluding carboxylic acids is 2. The lowest BCUT2D eigenvalue weighted by Crippen LogP contribution is -2.08. The third-order valence-electron chi connectivity index (χ3n) is 2.07. The predicted molar refractivity (Wildman–Crippen MR) is 48.8 cm³/mol. The van der Waals surface area contributed by atoms with E-state index in [4.69, 9.17) is 0 Å². The third-order valence-corrected chi connectivity index (χ3v) is 2.89. The number of Topliss-reactive ketones (excluding diaryl/α,β-unsaturated/α-hetero) is 2. The van der Waals surface area contributed by atoms with Gasteiger partial charge < -0.3 is 0 Å². The van der Waals surface area contributed by atoms with E-state index in [-0.39, 0.29) is 23.9 Å². The third kappa shape index (κ3) is 2.01. The molecule has 13 heavy (non-hydrogen) atoms. The van der Waals surface area contributed by atoms with Crippen LogP contribution in [0, 0.1) is 5.92 Å². The molecule has 0 N–H and O–H groups in total.